The van der Waals surface area contributed by atoms with E-state index in [1.807, 2.05) is 6.92 Å². The molecule has 5 nitrogen and oxygen atoms in total. The number of rotatable bonds is 3. The molecule has 0 saturated heterocycles. The summed E-state index contributed by atoms with van der Waals surface area (Å²) in [7, 11) is 0. The predicted molar refractivity (Wildman–Crippen MR) is 76.9 cm³/mol. The zero-order valence-corrected chi connectivity index (χ0v) is 11.8. The van der Waals surface area contributed by atoms with E-state index < -0.39 is 5.97 Å². The minimum atomic E-state index is -0.968. The topological polar surface area (TPSA) is 72.3 Å². The summed E-state index contributed by atoms with van der Waals surface area (Å²) in [6, 6.07) is 4.85. The summed E-state index contributed by atoms with van der Waals surface area (Å²) >= 11 is 0. The van der Waals surface area contributed by atoms with E-state index >= 15 is 0 Å². The highest BCUT2D eigenvalue weighted by Crippen LogP contribution is 2.31. The number of carbonyl (C=O) groups is 1. The van der Waals surface area contributed by atoms with Gasteiger partial charge in [0.1, 0.15) is 12.1 Å². The SMILES string of the molecule is Cc1ccc(C(=O)O)cc1Oc1ncnc2c1CCCC2. The Bertz CT molecular complexity index is 698. The van der Waals surface area contributed by atoms with E-state index in [2.05, 4.69) is 9.97 Å². The first-order chi connectivity index (χ1) is 10.1. The molecule has 1 aromatic carbocycles. The Labute approximate surface area is 122 Å². The maximum absolute atomic E-state index is 11.1. The largest absolute Gasteiger partial charge is 0.478 e. The minimum absolute atomic E-state index is 0.207. The molecule has 1 aromatic heterocycles. The summed E-state index contributed by atoms with van der Waals surface area (Å²) in [5.41, 5.74) is 3.17. The van der Waals surface area contributed by atoms with Gasteiger partial charge in [-0.1, -0.05) is 6.07 Å². The number of aromatic nitrogens is 2. The number of benzene rings is 1. The average Bonchev–Trinajstić information content (AvgIpc) is 2.49. The third-order valence-electron chi connectivity index (χ3n) is 3.73. The first kappa shape index (κ1) is 13.5. The molecular weight excluding hydrogens is 268 g/mol. The molecule has 3 rings (SSSR count). The molecule has 108 valence electrons. The molecule has 0 radical (unpaired) electrons. The van der Waals surface area contributed by atoms with Crippen LogP contribution in [0.3, 0.4) is 0 Å². The van der Waals surface area contributed by atoms with Crippen LogP contribution >= 0.6 is 0 Å². The number of nitrogens with zero attached hydrogens (tertiary/aromatic N) is 2. The van der Waals surface area contributed by atoms with Gasteiger partial charge in [0.15, 0.2) is 0 Å². The second kappa shape index (κ2) is 5.52. The van der Waals surface area contributed by atoms with Gasteiger partial charge in [-0.25, -0.2) is 14.8 Å². The van der Waals surface area contributed by atoms with Crippen LogP contribution in [0.25, 0.3) is 0 Å². The molecule has 0 bridgehead atoms. The Morgan fingerprint density at radius 2 is 2.05 bits per heavy atom. The van der Waals surface area contributed by atoms with Gasteiger partial charge in [0.05, 0.1) is 11.3 Å². The summed E-state index contributed by atoms with van der Waals surface area (Å²) < 4.78 is 5.88. The zero-order valence-electron chi connectivity index (χ0n) is 11.8. The van der Waals surface area contributed by atoms with Gasteiger partial charge in [-0.3, -0.25) is 0 Å². The molecule has 0 fully saturated rings. The van der Waals surface area contributed by atoms with Gasteiger partial charge < -0.3 is 9.84 Å². The zero-order chi connectivity index (χ0) is 14.8. The highest BCUT2D eigenvalue weighted by Gasteiger charge is 2.18. The molecule has 0 aliphatic heterocycles. The van der Waals surface area contributed by atoms with Crippen LogP contribution in [0, 0.1) is 6.92 Å². The Morgan fingerprint density at radius 1 is 1.24 bits per heavy atom. The predicted octanol–water partition coefficient (Wildman–Crippen LogP) is 3.15. The van der Waals surface area contributed by atoms with E-state index in [9.17, 15) is 4.79 Å². The molecule has 0 saturated carbocycles. The second-order valence-corrected chi connectivity index (χ2v) is 5.20. The highest BCUT2D eigenvalue weighted by atomic mass is 16.5. The summed E-state index contributed by atoms with van der Waals surface area (Å²) in [6.45, 7) is 1.88. The summed E-state index contributed by atoms with van der Waals surface area (Å²) in [6.07, 6.45) is 5.60. The first-order valence-corrected chi connectivity index (χ1v) is 6.99. The van der Waals surface area contributed by atoms with E-state index in [0.29, 0.717) is 11.6 Å². The number of hydrogen-bond donors (Lipinski definition) is 1. The number of aromatic carboxylic acids is 1. The lowest BCUT2D eigenvalue weighted by molar-refractivity contribution is 0.0696. The summed E-state index contributed by atoms with van der Waals surface area (Å²) in [5.74, 6) is 0.108. The van der Waals surface area contributed by atoms with Crippen molar-refractivity contribution < 1.29 is 14.6 Å². The van der Waals surface area contributed by atoms with Crippen LogP contribution in [0.5, 0.6) is 11.6 Å². The maximum Gasteiger partial charge on any atom is 0.335 e. The Hall–Kier alpha value is -2.43. The van der Waals surface area contributed by atoms with Crippen LogP contribution in [0.4, 0.5) is 0 Å². The van der Waals surface area contributed by atoms with Crippen LogP contribution in [-0.2, 0) is 12.8 Å². The van der Waals surface area contributed by atoms with E-state index in [1.54, 1.807) is 12.1 Å². The highest BCUT2D eigenvalue weighted by molar-refractivity contribution is 5.88. The molecule has 1 heterocycles. The van der Waals surface area contributed by atoms with Gasteiger partial charge in [0.25, 0.3) is 0 Å². The summed E-state index contributed by atoms with van der Waals surface area (Å²) in [5, 5.41) is 9.08. The van der Waals surface area contributed by atoms with Crippen molar-refractivity contribution in [3.63, 3.8) is 0 Å². The Kier molecular flexibility index (Phi) is 3.56. The van der Waals surface area contributed by atoms with E-state index in [1.165, 1.54) is 12.4 Å². The van der Waals surface area contributed by atoms with Gasteiger partial charge in [-0.2, -0.15) is 0 Å². The van der Waals surface area contributed by atoms with Crippen molar-refractivity contribution in [1.29, 1.82) is 0 Å². The second-order valence-electron chi connectivity index (χ2n) is 5.20. The van der Waals surface area contributed by atoms with Crippen LogP contribution in [-0.4, -0.2) is 21.0 Å². The van der Waals surface area contributed by atoms with Crippen molar-refractivity contribution in [3.8, 4) is 11.6 Å². The quantitative estimate of drug-likeness (QED) is 0.937. The fraction of sp³-hybridized carbons (Fsp3) is 0.312. The number of aryl methyl sites for hydroxylation is 2. The van der Waals surface area contributed by atoms with Crippen molar-refractivity contribution in [3.05, 3.63) is 46.9 Å². The molecule has 21 heavy (non-hydrogen) atoms. The third kappa shape index (κ3) is 2.72. The Balaban J connectivity index is 1.97. The molecule has 2 aromatic rings. The molecule has 1 N–H and O–H groups in total. The molecule has 5 heteroatoms. The van der Waals surface area contributed by atoms with Gasteiger partial charge in [-0.15, -0.1) is 0 Å². The molecule has 0 spiro atoms. The number of carboxylic acids is 1. The number of carboxylic acid groups (broad SMARTS) is 1. The fourth-order valence-corrected chi connectivity index (χ4v) is 2.53. The normalized spacial score (nSPS) is 13.6. The fourth-order valence-electron chi connectivity index (χ4n) is 2.53. The average molecular weight is 284 g/mol. The smallest absolute Gasteiger partial charge is 0.335 e. The molecule has 1 aliphatic rings. The van der Waals surface area contributed by atoms with Crippen molar-refractivity contribution in [2.24, 2.45) is 0 Å². The summed E-state index contributed by atoms with van der Waals surface area (Å²) in [4.78, 5) is 19.6. The van der Waals surface area contributed by atoms with Crippen LogP contribution < -0.4 is 4.74 Å². The van der Waals surface area contributed by atoms with Crippen molar-refractivity contribution in [2.75, 3.05) is 0 Å². The lowest BCUT2D eigenvalue weighted by Gasteiger charge is -2.18. The van der Waals surface area contributed by atoms with Crippen LogP contribution in [0.2, 0.25) is 0 Å². The van der Waals surface area contributed by atoms with Crippen LogP contribution in [0.15, 0.2) is 24.5 Å². The van der Waals surface area contributed by atoms with Crippen molar-refractivity contribution in [1.82, 2.24) is 9.97 Å². The van der Waals surface area contributed by atoms with Gasteiger partial charge in [0, 0.05) is 5.56 Å². The number of ether oxygens (including phenoxy) is 1. The standard InChI is InChI=1S/C16H16N2O3/c1-10-6-7-11(16(19)20)8-14(10)21-15-12-4-2-3-5-13(12)17-9-18-15/h6-9H,2-5H2,1H3,(H,19,20). The molecule has 0 unspecified atom stereocenters. The molecule has 0 atom stereocenters. The number of hydrogen-bond acceptors (Lipinski definition) is 4. The lowest BCUT2D eigenvalue weighted by Crippen LogP contribution is -2.08. The lowest BCUT2D eigenvalue weighted by atomic mass is 9.97. The van der Waals surface area contributed by atoms with E-state index in [4.69, 9.17) is 9.84 Å². The first-order valence-electron chi connectivity index (χ1n) is 6.99. The van der Waals surface area contributed by atoms with Crippen molar-refractivity contribution in [2.45, 2.75) is 32.6 Å². The monoisotopic (exact) mass is 284 g/mol. The number of fused-ring (bicyclic) bond motifs is 1. The van der Waals surface area contributed by atoms with Crippen molar-refractivity contribution >= 4 is 5.97 Å². The minimum Gasteiger partial charge on any atom is -0.478 e. The van der Waals surface area contributed by atoms with Crippen LogP contribution in [0.1, 0.15) is 40.0 Å². The molecular formula is C16H16N2O3. The molecule has 1 aliphatic carbocycles. The Morgan fingerprint density at radius 3 is 2.86 bits per heavy atom. The third-order valence-corrected chi connectivity index (χ3v) is 3.73. The van der Waals surface area contributed by atoms with Gasteiger partial charge in [-0.05, 0) is 50.3 Å². The maximum atomic E-state index is 11.1. The van der Waals surface area contributed by atoms with Gasteiger partial charge >= 0.3 is 5.97 Å². The molecule has 0 amide bonds. The van der Waals surface area contributed by atoms with E-state index in [-0.39, 0.29) is 5.56 Å². The van der Waals surface area contributed by atoms with Gasteiger partial charge in [0.2, 0.25) is 5.88 Å². The van der Waals surface area contributed by atoms with E-state index in [0.717, 1.165) is 42.5 Å².